The van der Waals surface area contributed by atoms with Crippen molar-refractivity contribution < 1.29 is 14.1 Å². The van der Waals surface area contributed by atoms with Crippen molar-refractivity contribution in [1.29, 1.82) is 0 Å². The van der Waals surface area contributed by atoms with Gasteiger partial charge < -0.3 is 10.6 Å². The molecule has 0 aliphatic heterocycles. The lowest BCUT2D eigenvalue weighted by Gasteiger charge is -2.09. The van der Waals surface area contributed by atoms with E-state index in [4.69, 9.17) is 0 Å². The Morgan fingerprint density at radius 1 is 1.42 bits per heavy atom. The molecule has 0 atom stereocenters. The summed E-state index contributed by atoms with van der Waals surface area (Å²) in [5.74, 6) is -0.860. The van der Waals surface area contributed by atoms with Gasteiger partial charge in [0, 0.05) is 19.0 Å². The number of hydrogen-bond acceptors (Lipinski definition) is 4. The summed E-state index contributed by atoms with van der Waals surface area (Å²) in [5.41, 5.74) is -0.0969. The Hall–Kier alpha value is -2.18. The minimum atomic E-state index is -0.662. The molecule has 0 aromatic heterocycles. The van der Waals surface area contributed by atoms with E-state index >= 15 is 0 Å². The highest BCUT2D eigenvalue weighted by atomic mass is 19.1. The Bertz CT molecular complexity index is 477. The van der Waals surface area contributed by atoms with Crippen LogP contribution in [0.3, 0.4) is 0 Å². The maximum atomic E-state index is 12.9. The summed E-state index contributed by atoms with van der Waals surface area (Å²) in [6, 6.07) is 3.30. The number of carbonyl (C=O) groups excluding carboxylic acids is 1. The molecule has 104 valence electrons. The maximum Gasteiger partial charge on any atom is 0.295 e. The molecule has 1 rings (SSSR count). The fourth-order valence-electron chi connectivity index (χ4n) is 1.39. The van der Waals surface area contributed by atoms with E-state index in [-0.39, 0.29) is 23.2 Å². The van der Waals surface area contributed by atoms with Crippen LogP contribution in [0.5, 0.6) is 0 Å². The van der Waals surface area contributed by atoms with Crippen LogP contribution < -0.4 is 10.6 Å². The molecule has 2 N–H and O–H groups in total. The molecule has 19 heavy (non-hydrogen) atoms. The first kappa shape index (κ1) is 14.9. The number of benzene rings is 1. The number of carbonyl (C=O) groups is 1. The van der Waals surface area contributed by atoms with E-state index in [0.717, 1.165) is 12.1 Å². The highest BCUT2D eigenvalue weighted by Crippen LogP contribution is 2.24. The number of nitrogens with zero attached hydrogens (tertiary/aromatic N) is 1. The maximum absolute atomic E-state index is 12.9. The number of rotatable bonds is 6. The molecule has 7 heteroatoms. The van der Waals surface area contributed by atoms with Gasteiger partial charge >= 0.3 is 0 Å². The zero-order valence-electron chi connectivity index (χ0n) is 10.8. The number of halogens is 1. The lowest BCUT2D eigenvalue weighted by atomic mass is 10.2. The van der Waals surface area contributed by atoms with Crippen molar-refractivity contribution in [3.63, 3.8) is 0 Å². The highest BCUT2D eigenvalue weighted by Gasteiger charge is 2.14. The van der Waals surface area contributed by atoms with Crippen molar-refractivity contribution >= 4 is 17.3 Å². The molecule has 0 heterocycles. The average Bonchev–Trinajstić information content (AvgIpc) is 2.35. The number of nitro groups is 1. The number of amides is 1. The predicted octanol–water partition coefficient (Wildman–Crippen LogP) is 1.92. The second-order valence-corrected chi connectivity index (χ2v) is 4.29. The number of nitrogens with one attached hydrogen (secondary N) is 2. The van der Waals surface area contributed by atoms with Crippen LogP contribution >= 0.6 is 0 Å². The van der Waals surface area contributed by atoms with Gasteiger partial charge in [0.15, 0.2) is 0 Å². The van der Waals surface area contributed by atoms with Crippen LogP contribution in [0.25, 0.3) is 0 Å². The van der Waals surface area contributed by atoms with Gasteiger partial charge in [-0.2, -0.15) is 0 Å². The molecular formula is C12H16FN3O3. The van der Waals surface area contributed by atoms with E-state index in [1.807, 2.05) is 0 Å². The van der Waals surface area contributed by atoms with Crippen molar-refractivity contribution in [3.8, 4) is 0 Å². The Morgan fingerprint density at radius 3 is 2.68 bits per heavy atom. The van der Waals surface area contributed by atoms with Crippen LogP contribution in [0.2, 0.25) is 0 Å². The van der Waals surface area contributed by atoms with E-state index in [2.05, 4.69) is 10.6 Å². The van der Waals surface area contributed by atoms with Gasteiger partial charge in [0.2, 0.25) is 5.91 Å². The minimum Gasteiger partial charge on any atom is -0.378 e. The molecule has 0 aliphatic rings. The quantitative estimate of drug-likeness (QED) is 0.469. The molecule has 1 aromatic carbocycles. The van der Waals surface area contributed by atoms with Gasteiger partial charge in [-0.3, -0.25) is 14.9 Å². The van der Waals surface area contributed by atoms with Gasteiger partial charge in [-0.25, -0.2) is 4.39 Å². The highest BCUT2D eigenvalue weighted by molar-refractivity contribution is 5.77. The molecule has 0 saturated heterocycles. The predicted molar refractivity (Wildman–Crippen MR) is 69.4 cm³/mol. The van der Waals surface area contributed by atoms with E-state index < -0.39 is 10.7 Å². The van der Waals surface area contributed by atoms with Gasteiger partial charge in [-0.1, -0.05) is 13.8 Å². The standard InChI is InChI=1S/C12H16FN3O3/c1-8(2)12(17)15-6-5-14-10-4-3-9(13)7-11(10)16(18)19/h3-4,7-8,14H,5-6H2,1-2H3,(H,15,17). The molecule has 0 unspecified atom stereocenters. The Balaban J connectivity index is 2.54. The third-order valence-electron chi connectivity index (χ3n) is 2.42. The van der Waals surface area contributed by atoms with Crippen LogP contribution in [-0.2, 0) is 4.79 Å². The second kappa shape index (κ2) is 6.67. The Morgan fingerprint density at radius 2 is 2.11 bits per heavy atom. The molecule has 0 aliphatic carbocycles. The Kier molecular flexibility index (Phi) is 5.23. The summed E-state index contributed by atoms with van der Waals surface area (Å²) in [4.78, 5) is 21.4. The lowest BCUT2D eigenvalue weighted by Crippen LogP contribution is -2.31. The lowest BCUT2D eigenvalue weighted by molar-refractivity contribution is -0.384. The fourth-order valence-corrected chi connectivity index (χ4v) is 1.39. The molecule has 0 bridgehead atoms. The second-order valence-electron chi connectivity index (χ2n) is 4.29. The minimum absolute atomic E-state index is 0.0876. The zero-order chi connectivity index (χ0) is 14.4. The summed E-state index contributed by atoms with van der Waals surface area (Å²) in [7, 11) is 0. The molecule has 1 amide bonds. The molecule has 0 fully saturated rings. The van der Waals surface area contributed by atoms with Gasteiger partial charge in [-0.15, -0.1) is 0 Å². The third kappa shape index (κ3) is 4.53. The van der Waals surface area contributed by atoms with Crippen molar-refractivity contribution in [2.75, 3.05) is 18.4 Å². The summed E-state index contributed by atoms with van der Waals surface area (Å²) >= 11 is 0. The molecule has 0 radical (unpaired) electrons. The van der Waals surface area contributed by atoms with Gasteiger partial charge in [0.1, 0.15) is 11.5 Å². The summed E-state index contributed by atoms with van der Waals surface area (Å²) in [6.45, 7) is 4.21. The van der Waals surface area contributed by atoms with Gasteiger partial charge in [0.05, 0.1) is 11.0 Å². The van der Waals surface area contributed by atoms with Crippen molar-refractivity contribution in [2.45, 2.75) is 13.8 Å². The van der Waals surface area contributed by atoms with Crippen molar-refractivity contribution in [1.82, 2.24) is 5.32 Å². The molecule has 1 aromatic rings. The zero-order valence-corrected chi connectivity index (χ0v) is 10.8. The first-order valence-electron chi connectivity index (χ1n) is 5.87. The number of anilines is 1. The molecule has 0 saturated carbocycles. The smallest absolute Gasteiger partial charge is 0.295 e. The number of hydrogen-bond donors (Lipinski definition) is 2. The summed E-state index contributed by atoms with van der Waals surface area (Å²) in [6.07, 6.45) is 0. The van der Waals surface area contributed by atoms with E-state index in [9.17, 15) is 19.3 Å². The topological polar surface area (TPSA) is 84.3 Å². The summed E-state index contributed by atoms with van der Waals surface area (Å²) < 4.78 is 12.9. The first-order chi connectivity index (χ1) is 8.91. The SMILES string of the molecule is CC(C)C(=O)NCCNc1ccc(F)cc1[N+](=O)[O-]. The third-order valence-corrected chi connectivity index (χ3v) is 2.42. The van der Waals surface area contributed by atoms with E-state index in [1.54, 1.807) is 13.8 Å². The normalized spacial score (nSPS) is 10.3. The van der Waals surface area contributed by atoms with Crippen molar-refractivity contribution in [2.24, 2.45) is 5.92 Å². The van der Waals surface area contributed by atoms with Crippen LogP contribution in [0.15, 0.2) is 18.2 Å². The van der Waals surface area contributed by atoms with Gasteiger partial charge in [-0.05, 0) is 12.1 Å². The van der Waals surface area contributed by atoms with Crippen LogP contribution in [0, 0.1) is 21.8 Å². The van der Waals surface area contributed by atoms with E-state index in [1.165, 1.54) is 6.07 Å². The van der Waals surface area contributed by atoms with E-state index in [0.29, 0.717) is 13.1 Å². The fraction of sp³-hybridized carbons (Fsp3) is 0.417. The van der Waals surface area contributed by atoms with Crippen LogP contribution in [0.1, 0.15) is 13.8 Å². The summed E-state index contributed by atoms with van der Waals surface area (Å²) in [5, 5.41) is 16.2. The monoisotopic (exact) mass is 269 g/mol. The van der Waals surface area contributed by atoms with Gasteiger partial charge in [0.25, 0.3) is 5.69 Å². The Labute approximate surface area is 110 Å². The molecule has 0 spiro atoms. The molecular weight excluding hydrogens is 253 g/mol. The van der Waals surface area contributed by atoms with Crippen LogP contribution in [-0.4, -0.2) is 23.9 Å². The number of nitro benzene ring substituents is 1. The largest absolute Gasteiger partial charge is 0.378 e. The van der Waals surface area contributed by atoms with Crippen LogP contribution in [0.4, 0.5) is 15.8 Å². The molecule has 6 nitrogen and oxygen atoms in total. The first-order valence-corrected chi connectivity index (χ1v) is 5.87. The average molecular weight is 269 g/mol. The van der Waals surface area contributed by atoms with Crippen molar-refractivity contribution in [3.05, 3.63) is 34.1 Å².